The first-order valence-electron chi connectivity index (χ1n) is 7.38. The number of pyridine rings is 1. The summed E-state index contributed by atoms with van der Waals surface area (Å²) in [4.78, 5) is 19.9. The number of fused-ring (bicyclic) bond motifs is 1. The minimum atomic E-state index is 0.0912. The number of carbonyl (C=O) groups excluding carboxylic acids is 1. The normalized spacial score (nSPS) is 15.5. The van der Waals surface area contributed by atoms with Gasteiger partial charge < -0.3 is 9.42 Å². The highest BCUT2D eigenvalue weighted by molar-refractivity contribution is 7.99. The predicted molar refractivity (Wildman–Crippen MR) is 86.3 cm³/mol. The van der Waals surface area contributed by atoms with Crippen LogP contribution in [0.5, 0.6) is 0 Å². The zero-order chi connectivity index (χ0) is 15.7. The maximum absolute atomic E-state index is 12.7. The van der Waals surface area contributed by atoms with E-state index in [-0.39, 0.29) is 11.8 Å². The molecule has 0 aliphatic carbocycles. The number of anilines is 1. The molecule has 3 heterocycles. The first-order valence-corrected chi connectivity index (χ1v) is 8.36. The van der Waals surface area contributed by atoms with E-state index in [0.29, 0.717) is 6.42 Å². The molecule has 3 rings (SSSR count). The predicted octanol–water partition coefficient (Wildman–Crippen LogP) is 3.32. The molecular weight excluding hydrogens is 298 g/mol. The van der Waals surface area contributed by atoms with Crippen LogP contribution in [0.1, 0.15) is 36.3 Å². The average molecular weight is 317 g/mol. The van der Waals surface area contributed by atoms with Crippen LogP contribution >= 0.6 is 11.8 Å². The van der Waals surface area contributed by atoms with Gasteiger partial charge >= 0.3 is 0 Å². The Kier molecular flexibility index (Phi) is 4.20. The number of aryl methyl sites for hydroxylation is 2. The van der Waals surface area contributed by atoms with Crippen LogP contribution in [-0.4, -0.2) is 28.3 Å². The topological polar surface area (TPSA) is 59.2 Å². The van der Waals surface area contributed by atoms with Crippen LogP contribution < -0.4 is 4.90 Å². The monoisotopic (exact) mass is 317 g/mol. The largest absolute Gasteiger partial charge is 0.361 e. The second kappa shape index (κ2) is 6.12. The maximum atomic E-state index is 12.7. The van der Waals surface area contributed by atoms with E-state index in [2.05, 4.69) is 10.1 Å². The summed E-state index contributed by atoms with van der Waals surface area (Å²) in [7, 11) is 0. The summed E-state index contributed by atoms with van der Waals surface area (Å²) in [5.74, 6) is 1.94. The van der Waals surface area contributed by atoms with Crippen LogP contribution in [0.3, 0.4) is 0 Å². The zero-order valence-corrected chi connectivity index (χ0v) is 13.8. The van der Waals surface area contributed by atoms with E-state index in [4.69, 9.17) is 4.52 Å². The van der Waals surface area contributed by atoms with Crippen LogP contribution in [0.2, 0.25) is 0 Å². The highest BCUT2D eigenvalue weighted by Crippen LogP contribution is 2.35. The van der Waals surface area contributed by atoms with Crippen LogP contribution in [0.15, 0.2) is 27.9 Å². The molecule has 116 valence electrons. The molecule has 1 aliphatic heterocycles. The Morgan fingerprint density at radius 3 is 3.05 bits per heavy atom. The third-order valence-corrected chi connectivity index (χ3v) is 5.03. The number of amides is 1. The van der Waals surface area contributed by atoms with Crippen LogP contribution in [0.4, 0.5) is 5.69 Å². The van der Waals surface area contributed by atoms with E-state index >= 15 is 0 Å². The maximum Gasteiger partial charge on any atom is 0.227 e. The SMILES string of the molecule is Cc1noc(C)c1[C@H](C)CC(=O)N1CCSc2ccncc21. The Morgan fingerprint density at radius 2 is 2.32 bits per heavy atom. The number of nitrogens with zero attached hydrogens (tertiary/aromatic N) is 3. The number of carbonyl (C=O) groups is 1. The van der Waals surface area contributed by atoms with Crippen molar-refractivity contribution in [3.63, 3.8) is 0 Å². The Balaban J connectivity index is 1.78. The van der Waals surface area contributed by atoms with E-state index in [1.807, 2.05) is 31.7 Å². The van der Waals surface area contributed by atoms with Gasteiger partial charge in [0.15, 0.2) is 0 Å². The lowest BCUT2D eigenvalue weighted by molar-refractivity contribution is -0.118. The average Bonchev–Trinajstić information content (AvgIpc) is 2.85. The molecule has 1 aliphatic rings. The molecule has 6 heteroatoms. The van der Waals surface area contributed by atoms with E-state index in [1.54, 1.807) is 24.2 Å². The molecule has 5 nitrogen and oxygen atoms in total. The van der Waals surface area contributed by atoms with Crippen molar-refractivity contribution in [3.05, 3.63) is 35.5 Å². The third-order valence-electron chi connectivity index (χ3n) is 3.99. The molecule has 0 radical (unpaired) electrons. The van der Waals surface area contributed by atoms with Gasteiger partial charge in [-0.1, -0.05) is 12.1 Å². The van der Waals surface area contributed by atoms with Gasteiger partial charge in [0.2, 0.25) is 5.91 Å². The van der Waals surface area contributed by atoms with Crippen molar-refractivity contribution >= 4 is 23.4 Å². The smallest absolute Gasteiger partial charge is 0.227 e. The first-order chi connectivity index (χ1) is 10.6. The van der Waals surface area contributed by atoms with E-state index in [1.165, 1.54) is 0 Å². The highest BCUT2D eigenvalue weighted by Gasteiger charge is 2.26. The molecule has 22 heavy (non-hydrogen) atoms. The lowest BCUT2D eigenvalue weighted by Crippen LogP contribution is -2.36. The molecule has 0 bridgehead atoms. The van der Waals surface area contributed by atoms with Crippen molar-refractivity contribution in [1.82, 2.24) is 10.1 Å². The van der Waals surface area contributed by atoms with Gasteiger partial charge in [-0.25, -0.2) is 0 Å². The summed E-state index contributed by atoms with van der Waals surface area (Å²) >= 11 is 1.77. The number of hydrogen-bond acceptors (Lipinski definition) is 5. The van der Waals surface area contributed by atoms with Gasteiger partial charge in [-0.2, -0.15) is 0 Å². The second-order valence-electron chi connectivity index (χ2n) is 5.58. The number of hydrogen-bond donors (Lipinski definition) is 0. The van der Waals surface area contributed by atoms with Gasteiger partial charge in [0, 0.05) is 35.4 Å². The van der Waals surface area contributed by atoms with E-state index in [0.717, 1.165) is 39.9 Å². The molecule has 2 aromatic rings. The minimum Gasteiger partial charge on any atom is -0.361 e. The Labute approximate surface area is 134 Å². The zero-order valence-electron chi connectivity index (χ0n) is 13.0. The molecule has 1 atom stereocenters. The molecule has 0 saturated heterocycles. The van der Waals surface area contributed by atoms with Crippen molar-refractivity contribution in [2.75, 3.05) is 17.2 Å². The fourth-order valence-corrected chi connectivity index (χ4v) is 3.95. The Bertz CT molecular complexity index is 679. The van der Waals surface area contributed by atoms with Crippen LogP contribution in [0, 0.1) is 13.8 Å². The van der Waals surface area contributed by atoms with E-state index < -0.39 is 0 Å². The van der Waals surface area contributed by atoms with Gasteiger partial charge in [0.25, 0.3) is 0 Å². The van der Waals surface area contributed by atoms with Crippen molar-refractivity contribution < 1.29 is 9.32 Å². The van der Waals surface area contributed by atoms with Gasteiger partial charge in [0.05, 0.1) is 17.6 Å². The third kappa shape index (κ3) is 2.75. The van der Waals surface area contributed by atoms with Crippen molar-refractivity contribution in [2.24, 2.45) is 0 Å². The van der Waals surface area contributed by atoms with Gasteiger partial charge in [-0.15, -0.1) is 11.8 Å². The minimum absolute atomic E-state index is 0.0912. The first kappa shape index (κ1) is 15.1. The number of aromatic nitrogens is 2. The Morgan fingerprint density at radius 1 is 1.50 bits per heavy atom. The fourth-order valence-electron chi connectivity index (χ4n) is 2.99. The van der Waals surface area contributed by atoms with Gasteiger partial charge in [0.1, 0.15) is 5.76 Å². The summed E-state index contributed by atoms with van der Waals surface area (Å²) in [6, 6.07) is 1.97. The summed E-state index contributed by atoms with van der Waals surface area (Å²) in [5, 5.41) is 3.98. The van der Waals surface area contributed by atoms with Gasteiger partial charge in [-0.3, -0.25) is 9.78 Å². The molecule has 1 amide bonds. The quantitative estimate of drug-likeness (QED) is 0.869. The molecular formula is C16H19N3O2S. The molecule has 0 N–H and O–H groups in total. The van der Waals surface area contributed by atoms with Gasteiger partial charge in [-0.05, 0) is 25.8 Å². The van der Waals surface area contributed by atoms with E-state index in [9.17, 15) is 4.79 Å². The van der Waals surface area contributed by atoms with Crippen molar-refractivity contribution in [3.8, 4) is 0 Å². The van der Waals surface area contributed by atoms with Crippen molar-refractivity contribution in [2.45, 2.75) is 38.0 Å². The molecule has 0 fully saturated rings. The lowest BCUT2D eigenvalue weighted by atomic mass is 9.95. The molecule has 0 unspecified atom stereocenters. The molecule has 2 aromatic heterocycles. The summed E-state index contributed by atoms with van der Waals surface area (Å²) in [5.41, 5.74) is 2.84. The summed E-state index contributed by atoms with van der Waals surface area (Å²) in [6.07, 6.45) is 3.99. The lowest BCUT2D eigenvalue weighted by Gasteiger charge is -2.29. The van der Waals surface area contributed by atoms with Crippen LogP contribution in [-0.2, 0) is 4.79 Å². The molecule has 0 spiro atoms. The molecule has 0 aromatic carbocycles. The Hall–Kier alpha value is -1.82. The molecule has 0 saturated carbocycles. The number of thioether (sulfide) groups is 1. The number of rotatable bonds is 3. The summed E-state index contributed by atoms with van der Waals surface area (Å²) < 4.78 is 5.21. The van der Waals surface area contributed by atoms with Crippen LogP contribution in [0.25, 0.3) is 0 Å². The standard InChI is InChI=1S/C16H19N3O2S/c1-10(16-11(2)18-21-12(16)3)8-15(20)19-6-7-22-14-4-5-17-9-13(14)19/h4-5,9-10H,6-8H2,1-3H3/t10-/m1/s1. The highest BCUT2D eigenvalue weighted by atomic mass is 32.2. The fraction of sp³-hybridized carbons (Fsp3) is 0.438. The van der Waals surface area contributed by atoms with Crippen molar-refractivity contribution in [1.29, 1.82) is 0 Å². The second-order valence-corrected chi connectivity index (χ2v) is 6.72. The summed E-state index contributed by atoms with van der Waals surface area (Å²) in [6.45, 7) is 6.60.